The Balaban J connectivity index is 1.67. The summed E-state index contributed by atoms with van der Waals surface area (Å²) in [6, 6.07) is 6.33. The molecule has 0 saturated heterocycles. The standard InChI is InChI=1S/C15H21NO3/c1-16-13(10-19-12-3-2-4-12)11-5-6-14-15(9-11)18-8-7-17-14/h5-6,9,12-13,16H,2-4,7-8,10H2,1H3. The van der Waals surface area contributed by atoms with Crippen molar-refractivity contribution < 1.29 is 14.2 Å². The minimum Gasteiger partial charge on any atom is -0.486 e. The summed E-state index contributed by atoms with van der Waals surface area (Å²) in [4.78, 5) is 0. The molecule has 1 N–H and O–H groups in total. The summed E-state index contributed by atoms with van der Waals surface area (Å²) in [5.41, 5.74) is 1.19. The van der Waals surface area contributed by atoms with Crippen LogP contribution in [0, 0.1) is 0 Å². The molecule has 1 atom stereocenters. The first-order valence-corrected chi connectivity index (χ1v) is 7.05. The van der Waals surface area contributed by atoms with Gasteiger partial charge in [-0.2, -0.15) is 0 Å². The second-order valence-corrected chi connectivity index (χ2v) is 5.13. The third-order valence-electron chi connectivity index (χ3n) is 3.87. The fourth-order valence-corrected chi connectivity index (χ4v) is 2.39. The molecule has 1 unspecified atom stereocenters. The zero-order valence-corrected chi connectivity index (χ0v) is 11.4. The molecule has 0 aromatic heterocycles. The number of ether oxygens (including phenoxy) is 3. The highest BCUT2D eigenvalue weighted by molar-refractivity contribution is 5.44. The SMILES string of the molecule is CNC(COC1CCC1)c1ccc2c(c1)OCCO2. The van der Waals surface area contributed by atoms with Gasteiger partial charge in [-0.25, -0.2) is 0 Å². The van der Waals surface area contributed by atoms with Gasteiger partial charge < -0.3 is 19.5 Å². The van der Waals surface area contributed by atoms with Crippen LogP contribution in [-0.4, -0.2) is 33.0 Å². The molecule has 19 heavy (non-hydrogen) atoms. The van der Waals surface area contributed by atoms with Gasteiger partial charge in [0.25, 0.3) is 0 Å². The monoisotopic (exact) mass is 263 g/mol. The summed E-state index contributed by atoms with van der Waals surface area (Å²) in [5, 5.41) is 3.31. The molecule has 1 aliphatic carbocycles. The summed E-state index contributed by atoms with van der Waals surface area (Å²) in [6.07, 6.45) is 4.18. The van der Waals surface area contributed by atoms with Gasteiger partial charge in [0, 0.05) is 0 Å². The molecule has 1 saturated carbocycles. The van der Waals surface area contributed by atoms with Crippen molar-refractivity contribution in [2.24, 2.45) is 0 Å². The van der Waals surface area contributed by atoms with E-state index < -0.39 is 0 Å². The van der Waals surface area contributed by atoms with Crippen LogP contribution >= 0.6 is 0 Å². The number of benzene rings is 1. The Hall–Kier alpha value is -1.26. The molecule has 3 rings (SSSR count). The van der Waals surface area contributed by atoms with Crippen LogP contribution in [0.1, 0.15) is 30.9 Å². The molecule has 1 heterocycles. The highest BCUT2D eigenvalue weighted by atomic mass is 16.6. The number of hydrogen-bond donors (Lipinski definition) is 1. The van der Waals surface area contributed by atoms with Crippen molar-refractivity contribution in [3.8, 4) is 11.5 Å². The molecule has 4 nitrogen and oxygen atoms in total. The molecule has 4 heteroatoms. The van der Waals surface area contributed by atoms with Crippen molar-refractivity contribution in [3.63, 3.8) is 0 Å². The van der Waals surface area contributed by atoms with Crippen LogP contribution in [-0.2, 0) is 4.74 Å². The number of hydrogen-bond acceptors (Lipinski definition) is 4. The Morgan fingerprint density at radius 1 is 1.26 bits per heavy atom. The van der Waals surface area contributed by atoms with Crippen LogP contribution in [0.4, 0.5) is 0 Å². The Kier molecular flexibility index (Phi) is 3.89. The molecule has 0 amide bonds. The molecular formula is C15H21NO3. The predicted octanol–water partition coefficient (Wildman–Crippen LogP) is 2.29. The normalized spacial score (nSPS) is 19.8. The molecule has 1 aromatic carbocycles. The van der Waals surface area contributed by atoms with Crippen molar-refractivity contribution in [1.82, 2.24) is 5.32 Å². The second kappa shape index (κ2) is 5.80. The molecule has 0 bridgehead atoms. The number of fused-ring (bicyclic) bond motifs is 1. The summed E-state index contributed by atoms with van der Waals surface area (Å²) < 4.78 is 17.1. The Morgan fingerprint density at radius 2 is 2.05 bits per heavy atom. The first-order chi connectivity index (χ1) is 9.36. The van der Waals surface area contributed by atoms with E-state index in [9.17, 15) is 0 Å². The minimum atomic E-state index is 0.205. The van der Waals surface area contributed by atoms with Crippen LogP contribution in [0.15, 0.2) is 18.2 Å². The Bertz CT molecular complexity index is 431. The summed E-state index contributed by atoms with van der Waals surface area (Å²) in [5.74, 6) is 1.68. The van der Waals surface area contributed by atoms with E-state index in [-0.39, 0.29) is 6.04 Å². The van der Waals surface area contributed by atoms with Crippen LogP contribution in [0.25, 0.3) is 0 Å². The summed E-state index contributed by atoms with van der Waals surface area (Å²) >= 11 is 0. The van der Waals surface area contributed by atoms with Crippen LogP contribution < -0.4 is 14.8 Å². The quantitative estimate of drug-likeness (QED) is 0.884. The van der Waals surface area contributed by atoms with Gasteiger partial charge in [-0.05, 0) is 44.0 Å². The lowest BCUT2D eigenvalue weighted by atomic mass is 9.96. The fourth-order valence-electron chi connectivity index (χ4n) is 2.39. The molecule has 1 aliphatic heterocycles. The van der Waals surface area contributed by atoms with Crippen LogP contribution in [0.3, 0.4) is 0 Å². The van der Waals surface area contributed by atoms with Crippen molar-refractivity contribution in [2.75, 3.05) is 26.9 Å². The van der Waals surface area contributed by atoms with Crippen molar-refractivity contribution in [2.45, 2.75) is 31.4 Å². The zero-order valence-electron chi connectivity index (χ0n) is 11.4. The first-order valence-electron chi connectivity index (χ1n) is 7.05. The van der Waals surface area contributed by atoms with E-state index in [1.807, 2.05) is 13.1 Å². The lowest BCUT2D eigenvalue weighted by Crippen LogP contribution is -2.28. The van der Waals surface area contributed by atoms with Gasteiger partial charge in [-0.3, -0.25) is 0 Å². The van der Waals surface area contributed by atoms with Crippen LogP contribution in [0.5, 0.6) is 11.5 Å². The smallest absolute Gasteiger partial charge is 0.161 e. The summed E-state index contributed by atoms with van der Waals surface area (Å²) in [7, 11) is 1.96. The van der Waals surface area contributed by atoms with Gasteiger partial charge in [0.15, 0.2) is 11.5 Å². The van der Waals surface area contributed by atoms with E-state index in [1.165, 1.54) is 24.8 Å². The van der Waals surface area contributed by atoms with Crippen molar-refractivity contribution in [1.29, 1.82) is 0 Å². The molecule has 1 aromatic rings. The Labute approximate surface area is 114 Å². The second-order valence-electron chi connectivity index (χ2n) is 5.13. The fraction of sp³-hybridized carbons (Fsp3) is 0.600. The molecular weight excluding hydrogens is 242 g/mol. The van der Waals surface area contributed by atoms with Gasteiger partial charge in [0.1, 0.15) is 13.2 Å². The number of rotatable bonds is 5. The van der Waals surface area contributed by atoms with E-state index in [1.54, 1.807) is 0 Å². The van der Waals surface area contributed by atoms with Gasteiger partial charge >= 0.3 is 0 Å². The maximum Gasteiger partial charge on any atom is 0.161 e. The van der Waals surface area contributed by atoms with Crippen LogP contribution in [0.2, 0.25) is 0 Å². The number of likely N-dealkylation sites (N-methyl/N-ethyl adjacent to an activating group) is 1. The zero-order chi connectivity index (χ0) is 13.1. The molecule has 0 spiro atoms. The van der Waals surface area contributed by atoms with Gasteiger partial charge in [0.05, 0.1) is 18.8 Å². The lowest BCUT2D eigenvalue weighted by molar-refractivity contribution is -0.00798. The average Bonchev–Trinajstić information content (AvgIpc) is 2.41. The minimum absolute atomic E-state index is 0.205. The van der Waals surface area contributed by atoms with Gasteiger partial charge in [0.2, 0.25) is 0 Å². The molecule has 0 radical (unpaired) electrons. The van der Waals surface area contributed by atoms with Crippen molar-refractivity contribution in [3.05, 3.63) is 23.8 Å². The third kappa shape index (κ3) is 2.85. The molecule has 1 fully saturated rings. The molecule has 104 valence electrons. The lowest BCUT2D eigenvalue weighted by Gasteiger charge is -2.28. The largest absolute Gasteiger partial charge is 0.486 e. The van der Waals surface area contributed by atoms with E-state index in [0.29, 0.717) is 25.9 Å². The first kappa shape index (κ1) is 12.8. The molecule has 2 aliphatic rings. The maximum atomic E-state index is 5.89. The summed E-state index contributed by atoms with van der Waals surface area (Å²) in [6.45, 7) is 1.96. The number of nitrogens with one attached hydrogen (secondary N) is 1. The Morgan fingerprint density at radius 3 is 2.74 bits per heavy atom. The van der Waals surface area contributed by atoms with E-state index in [4.69, 9.17) is 14.2 Å². The highest BCUT2D eigenvalue weighted by Crippen LogP contribution is 2.33. The van der Waals surface area contributed by atoms with Gasteiger partial charge in [-0.15, -0.1) is 0 Å². The van der Waals surface area contributed by atoms with Gasteiger partial charge in [-0.1, -0.05) is 6.07 Å². The van der Waals surface area contributed by atoms with E-state index >= 15 is 0 Å². The van der Waals surface area contributed by atoms with Crippen molar-refractivity contribution >= 4 is 0 Å². The topological polar surface area (TPSA) is 39.7 Å². The predicted molar refractivity (Wildman–Crippen MR) is 72.8 cm³/mol. The van der Waals surface area contributed by atoms with E-state index in [2.05, 4.69) is 17.4 Å². The average molecular weight is 263 g/mol. The maximum absolute atomic E-state index is 5.89. The highest BCUT2D eigenvalue weighted by Gasteiger charge is 2.21. The van der Waals surface area contributed by atoms with E-state index in [0.717, 1.165) is 11.5 Å². The third-order valence-corrected chi connectivity index (χ3v) is 3.87.